The molecule has 3 aromatic carbocycles. The van der Waals surface area contributed by atoms with Gasteiger partial charge in [-0.25, -0.2) is 9.18 Å². The zero-order chi connectivity index (χ0) is 22.8. The van der Waals surface area contributed by atoms with Crippen LogP contribution in [0.25, 0.3) is 11.0 Å². The molecule has 1 aromatic heterocycles. The number of aryl methyl sites for hydroxylation is 2. The van der Waals surface area contributed by atoms with Gasteiger partial charge in [-0.3, -0.25) is 4.79 Å². The van der Waals surface area contributed by atoms with E-state index in [0.717, 1.165) is 28.1 Å². The first-order valence-electron chi connectivity index (χ1n) is 9.95. The van der Waals surface area contributed by atoms with Crippen molar-refractivity contribution in [1.82, 2.24) is 0 Å². The molecular weight excluding hydrogens is 431 g/mol. The summed E-state index contributed by atoms with van der Waals surface area (Å²) < 4.78 is 18.7. The van der Waals surface area contributed by atoms with Crippen LogP contribution in [0.1, 0.15) is 27.0 Å². The zero-order valence-electron chi connectivity index (χ0n) is 17.5. The Morgan fingerprint density at radius 2 is 1.81 bits per heavy atom. The Morgan fingerprint density at radius 3 is 2.59 bits per heavy atom. The number of halogens is 2. The summed E-state index contributed by atoms with van der Waals surface area (Å²) in [6, 6.07) is 16.1. The van der Waals surface area contributed by atoms with Crippen molar-refractivity contribution in [2.24, 2.45) is 0 Å². The summed E-state index contributed by atoms with van der Waals surface area (Å²) in [4.78, 5) is 25.0. The minimum absolute atomic E-state index is 0.108. The van der Waals surface area contributed by atoms with E-state index >= 15 is 0 Å². The monoisotopic (exact) mass is 450 g/mol. The van der Waals surface area contributed by atoms with Crippen molar-refractivity contribution in [2.75, 3.05) is 10.6 Å². The Balaban J connectivity index is 1.61. The lowest BCUT2D eigenvalue weighted by Crippen LogP contribution is -2.15. The van der Waals surface area contributed by atoms with Gasteiger partial charge in [0, 0.05) is 23.7 Å². The predicted molar refractivity (Wildman–Crippen MR) is 125 cm³/mol. The largest absolute Gasteiger partial charge is 0.422 e. The molecule has 32 heavy (non-hydrogen) atoms. The van der Waals surface area contributed by atoms with Crippen LogP contribution in [0.15, 0.2) is 69.9 Å². The van der Waals surface area contributed by atoms with Crippen LogP contribution < -0.4 is 16.3 Å². The van der Waals surface area contributed by atoms with Gasteiger partial charge in [0.05, 0.1) is 16.3 Å². The summed E-state index contributed by atoms with van der Waals surface area (Å²) in [5.74, 6) is -0.884. The second-order valence-electron chi connectivity index (χ2n) is 7.45. The molecule has 0 radical (unpaired) electrons. The molecule has 162 valence electrons. The Bertz CT molecular complexity index is 1400. The Kier molecular flexibility index (Phi) is 5.97. The molecule has 4 aromatic rings. The van der Waals surface area contributed by atoms with Crippen LogP contribution in [0.4, 0.5) is 15.8 Å². The van der Waals surface area contributed by atoms with Crippen LogP contribution in [0.5, 0.6) is 0 Å². The molecule has 5 nitrogen and oxygen atoms in total. The maximum Gasteiger partial charge on any atom is 0.336 e. The first-order chi connectivity index (χ1) is 15.3. The average molecular weight is 451 g/mol. The molecule has 0 unspecified atom stereocenters. The maximum absolute atomic E-state index is 13.3. The van der Waals surface area contributed by atoms with Crippen molar-refractivity contribution in [1.29, 1.82) is 0 Å². The number of rotatable bonds is 5. The minimum atomic E-state index is -0.486. The van der Waals surface area contributed by atoms with E-state index in [1.807, 2.05) is 26.0 Å². The van der Waals surface area contributed by atoms with Gasteiger partial charge in [-0.2, -0.15) is 0 Å². The zero-order valence-corrected chi connectivity index (χ0v) is 18.2. The third kappa shape index (κ3) is 4.36. The molecule has 4 rings (SSSR count). The summed E-state index contributed by atoms with van der Waals surface area (Å²) in [5.41, 5.74) is 4.11. The Labute approximate surface area is 188 Å². The van der Waals surface area contributed by atoms with E-state index in [2.05, 4.69) is 10.6 Å². The molecule has 0 saturated carbocycles. The predicted octanol–water partition coefficient (Wildman–Crippen LogP) is 6.07. The third-order valence-corrected chi connectivity index (χ3v) is 5.65. The fraction of sp³-hybridized carbons (Fsp3) is 0.120. The Hall–Kier alpha value is -3.64. The van der Waals surface area contributed by atoms with Gasteiger partial charge in [0.2, 0.25) is 0 Å². The van der Waals surface area contributed by atoms with Crippen molar-refractivity contribution < 1.29 is 13.6 Å². The van der Waals surface area contributed by atoms with Gasteiger partial charge in [-0.15, -0.1) is 0 Å². The van der Waals surface area contributed by atoms with Crippen LogP contribution >= 0.6 is 11.6 Å². The first-order valence-corrected chi connectivity index (χ1v) is 10.3. The van der Waals surface area contributed by atoms with Gasteiger partial charge < -0.3 is 15.1 Å². The third-order valence-electron chi connectivity index (χ3n) is 5.34. The number of para-hydroxylation sites is 1. The highest BCUT2D eigenvalue weighted by molar-refractivity contribution is 6.34. The molecule has 0 atom stereocenters. The van der Waals surface area contributed by atoms with Gasteiger partial charge in [-0.1, -0.05) is 35.9 Å². The number of carbonyl (C=O) groups excluding carboxylic acids is 1. The number of nitrogens with one attached hydrogen (secondary N) is 2. The first kappa shape index (κ1) is 21.6. The molecule has 0 bridgehead atoms. The summed E-state index contributed by atoms with van der Waals surface area (Å²) >= 11 is 6.03. The molecular formula is C25H20ClFN2O3. The van der Waals surface area contributed by atoms with Crippen LogP contribution in [-0.2, 0) is 6.54 Å². The lowest BCUT2D eigenvalue weighted by atomic mass is 10.0. The summed E-state index contributed by atoms with van der Waals surface area (Å²) in [5, 5.41) is 6.88. The van der Waals surface area contributed by atoms with E-state index < -0.39 is 17.3 Å². The fourth-order valence-electron chi connectivity index (χ4n) is 3.48. The van der Waals surface area contributed by atoms with E-state index in [9.17, 15) is 14.0 Å². The number of hydrogen-bond donors (Lipinski definition) is 2. The number of amides is 1. The molecule has 0 fully saturated rings. The van der Waals surface area contributed by atoms with E-state index in [0.29, 0.717) is 29.1 Å². The van der Waals surface area contributed by atoms with Gasteiger partial charge in [0.1, 0.15) is 11.4 Å². The quantitative estimate of drug-likeness (QED) is 0.362. The van der Waals surface area contributed by atoms with E-state index in [1.165, 1.54) is 18.2 Å². The standard InChI is InChI=1S/C25H20ClFN2O3/c1-14-7-9-18-16(11-23(30)32-24(18)15(14)2)13-28-21-6-4-3-5-19(21)25(31)29-22-10-8-17(27)12-20(22)26/h3-12,28H,13H2,1-2H3,(H,29,31). The highest BCUT2D eigenvalue weighted by Gasteiger charge is 2.14. The lowest BCUT2D eigenvalue weighted by Gasteiger charge is -2.14. The molecule has 1 heterocycles. The van der Waals surface area contributed by atoms with Crippen LogP contribution in [0.2, 0.25) is 5.02 Å². The van der Waals surface area contributed by atoms with Gasteiger partial charge in [0.15, 0.2) is 0 Å². The topological polar surface area (TPSA) is 71.3 Å². The van der Waals surface area contributed by atoms with Crippen molar-refractivity contribution in [3.05, 3.63) is 104 Å². The van der Waals surface area contributed by atoms with Crippen molar-refractivity contribution in [3.63, 3.8) is 0 Å². The molecule has 0 spiro atoms. The summed E-state index contributed by atoms with van der Waals surface area (Å²) in [7, 11) is 0. The number of hydrogen-bond acceptors (Lipinski definition) is 4. The Morgan fingerprint density at radius 1 is 1.03 bits per heavy atom. The molecule has 0 aliphatic carbocycles. The van der Waals surface area contributed by atoms with Gasteiger partial charge >= 0.3 is 5.63 Å². The summed E-state index contributed by atoms with van der Waals surface area (Å²) in [6.45, 7) is 4.19. The van der Waals surface area contributed by atoms with Gasteiger partial charge in [-0.05, 0) is 60.9 Å². The molecule has 1 amide bonds. The van der Waals surface area contributed by atoms with Crippen LogP contribution in [0, 0.1) is 19.7 Å². The van der Waals surface area contributed by atoms with Crippen LogP contribution in [0.3, 0.4) is 0 Å². The van der Waals surface area contributed by atoms with Crippen molar-refractivity contribution in [3.8, 4) is 0 Å². The second-order valence-corrected chi connectivity index (χ2v) is 7.86. The van der Waals surface area contributed by atoms with E-state index in [1.54, 1.807) is 24.3 Å². The normalized spacial score (nSPS) is 10.9. The fourth-order valence-corrected chi connectivity index (χ4v) is 3.69. The van der Waals surface area contributed by atoms with Crippen molar-refractivity contribution >= 4 is 39.9 Å². The van der Waals surface area contributed by atoms with Gasteiger partial charge in [0.25, 0.3) is 5.91 Å². The highest BCUT2D eigenvalue weighted by Crippen LogP contribution is 2.26. The number of fused-ring (bicyclic) bond motifs is 1. The summed E-state index contributed by atoms with van der Waals surface area (Å²) in [6.07, 6.45) is 0. The number of benzene rings is 3. The second kappa shape index (κ2) is 8.85. The average Bonchev–Trinajstić information content (AvgIpc) is 2.77. The molecule has 0 aliphatic rings. The number of anilines is 2. The number of carbonyl (C=O) groups is 1. The van der Waals surface area contributed by atoms with E-state index in [4.69, 9.17) is 16.0 Å². The molecule has 0 aliphatic heterocycles. The van der Waals surface area contributed by atoms with Crippen LogP contribution in [-0.4, -0.2) is 5.91 Å². The SMILES string of the molecule is Cc1ccc2c(CNc3ccccc3C(=O)Nc3ccc(F)cc3Cl)cc(=O)oc2c1C. The van der Waals surface area contributed by atoms with Crippen molar-refractivity contribution in [2.45, 2.75) is 20.4 Å². The lowest BCUT2D eigenvalue weighted by molar-refractivity contribution is 0.102. The molecule has 7 heteroatoms. The molecule has 0 saturated heterocycles. The maximum atomic E-state index is 13.3. The highest BCUT2D eigenvalue weighted by atomic mass is 35.5. The van der Waals surface area contributed by atoms with E-state index in [-0.39, 0.29) is 5.02 Å². The molecule has 2 N–H and O–H groups in total. The smallest absolute Gasteiger partial charge is 0.336 e. The minimum Gasteiger partial charge on any atom is -0.422 e.